The Morgan fingerprint density at radius 2 is 1.96 bits per heavy atom. The average Bonchev–Trinajstić information content (AvgIpc) is 3.32. The van der Waals surface area contributed by atoms with Crippen LogP contribution < -0.4 is 5.32 Å². The molecule has 0 saturated carbocycles. The summed E-state index contributed by atoms with van der Waals surface area (Å²) in [6.07, 6.45) is 1.73. The van der Waals surface area contributed by atoms with E-state index in [0.717, 1.165) is 28.2 Å². The zero-order valence-electron chi connectivity index (χ0n) is 13.9. The fourth-order valence-corrected chi connectivity index (χ4v) is 4.25. The summed E-state index contributed by atoms with van der Waals surface area (Å²) in [5.41, 5.74) is 2.18. The van der Waals surface area contributed by atoms with Crippen molar-refractivity contribution in [1.82, 2.24) is 5.32 Å². The van der Waals surface area contributed by atoms with Crippen LogP contribution in [0, 0.1) is 0 Å². The highest BCUT2D eigenvalue weighted by Gasteiger charge is 2.13. The maximum absolute atomic E-state index is 12.0. The number of aliphatic hydroxyl groups excluding tert-OH is 1. The van der Waals surface area contributed by atoms with Crippen molar-refractivity contribution < 1.29 is 9.90 Å². The van der Waals surface area contributed by atoms with Gasteiger partial charge in [-0.3, -0.25) is 4.79 Å². The lowest BCUT2D eigenvalue weighted by Crippen LogP contribution is -2.21. The number of amides is 1. The molecule has 0 radical (unpaired) electrons. The third kappa shape index (κ3) is 5.26. The third-order valence-electron chi connectivity index (χ3n) is 3.98. The molecule has 130 valence electrons. The summed E-state index contributed by atoms with van der Waals surface area (Å²) < 4.78 is 0. The second-order valence-corrected chi connectivity index (χ2v) is 7.86. The number of nitrogens with one attached hydrogen (secondary N) is 1. The lowest BCUT2D eigenvalue weighted by Gasteiger charge is -2.06. The van der Waals surface area contributed by atoms with Crippen molar-refractivity contribution in [2.24, 2.45) is 0 Å². The van der Waals surface area contributed by atoms with E-state index in [9.17, 15) is 9.90 Å². The van der Waals surface area contributed by atoms with Gasteiger partial charge in [-0.25, -0.2) is 0 Å². The van der Waals surface area contributed by atoms with Crippen molar-refractivity contribution in [2.75, 3.05) is 0 Å². The Bertz CT molecular complexity index is 781. The van der Waals surface area contributed by atoms with Gasteiger partial charge in [0, 0.05) is 16.2 Å². The molecule has 0 fully saturated rings. The van der Waals surface area contributed by atoms with Gasteiger partial charge in [0.2, 0.25) is 5.91 Å². The zero-order valence-corrected chi connectivity index (χ0v) is 15.5. The highest BCUT2D eigenvalue weighted by atomic mass is 32.1. The van der Waals surface area contributed by atoms with E-state index in [1.165, 1.54) is 5.56 Å². The Morgan fingerprint density at radius 1 is 1.12 bits per heavy atom. The molecule has 2 N–H and O–H groups in total. The first-order chi connectivity index (χ1) is 12.2. The van der Waals surface area contributed by atoms with E-state index in [1.807, 2.05) is 47.2 Å². The first kappa shape index (κ1) is 17.9. The van der Waals surface area contributed by atoms with Crippen LogP contribution in [0.2, 0.25) is 0 Å². The van der Waals surface area contributed by atoms with Gasteiger partial charge in [0.15, 0.2) is 0 Å². The predicted molar refractivity (Wildman–Crippen MR) is 104 cm³/mol. The Morgan fingerprint density at radius 3 is 2.72 bits per heavy atom. The second kappa shape index (κ2) is 8.94. The van der Waals surface area contributed by atoms with Gasteiger partial charge in [-0.15, -0.1) is 11.3 Å². The molecule has 5 heteroatoms. The summed E-state index contributed by atoms with van der Waals surface area (Å²) in [7, 11) is 0. The first-order valence-electron chi connectivity index (χ1n) is 8.32. The van der Waals surface area contributed by atoms with E-state index in [2.05, 4.69) is 17.4 Å². The molecular formula is C20H21NO2S2. The number of hydrogen-bond donors (Lipinski definition) is 2. The molecule has 0 aliphatic heterocycles. The molecule has 2 heterocycles. The van der Waals surface area contributed by atoms with Gasteiger partial charge in [0.1, 0.15) is 6.10 Å². The number of hydrogen-bond acceptors (Lipinski definition) is 4. The zero-order chi connectivity index (χ0) is 17.5. The molecule has 2 aromatic heterocycles. The van der Waals surface area contributed by atoms with Crippen LogP contribution in [-0.2, 0) is 17.8 Å². The average molecular weight is 372 g/mol. The number of aryl methyl sites for hydroxylation is 1. The molecule has 0 saturated heterocycles. The Hall–Kier alpha value is -1.95. The SMILES string of the molecule is O=C(CCCc1ccccc1)NCc1ccc(C(O)c2ccsc2)s1. The number of carbonyl (C=O) groups is 1. The number of rotatable bonds is 8. The van der Waals surface area contributed by atoms with Crippen molar-refractivity contribution in [1.29, 1.82) is 0 Å². The molecule has 3 nitrogen and oxygen atoms in total. The maximum Gasteiger partial charge on any atom is 0.220 e. The third-order valence-corrected chi connectivity index (χ3v) is 5.82. The Balaban J connectivity index is 1.42. The molecule has 1 amide bonds. The van der Waals surface area contributed by atoms with Gasteiger partial charge in [-0.2, -0.15) is 11.3 Å². The maximum atomic E-state index is 12.0. The molecule has 0 bridgehead atoms. The van der Waals surface area contributed by atoms with E-state index in [1.54, 1.807) is 22.7 Å². The number of thiophene rings is 2. The van der Waals surface area contributed by atoms with Crippen LogP contribution in [0.5, 0.6) is 0 Å². The largest absolute Gasteiger partial charge is 0.383 e. The highest BCUT2D eigenvalue weighted by molar-refractivity contribution is 7.12. The number of carbonyl (C=O) groups excluding carboxylic acids is 1. The lowest BCUT2D eigenvalue weighted by atomic mass is 10.1. The van der Waals surface area contributed by atoms with E-state index in [4.69, 9.17) is 0 Å². The smallest absolute Gasteiger partial charge is 0.220 e. The molecule has 0 aliphatic carbocycles. The van der Waals surface area contributed by atoms with E-state index in [-0.39, 0.29) is 5.91 Å². The van der Waals surface area contributed by atoms with Crippen LogP contribution in [0.3, 0.4) is 0 Å². The fourth-order valence-electron chi connectivity index (χ4n) is 2.60. The van der Waals surface area contributed by atoms with E-state index in [0.29, 0.717) is 13.0 Å². The van der Waals surface area contributed by atoms with Crippen LogP contribution in [0.4, 0.5) is 0 Å². The minimum atomic E-state index is -0.577. The molecular weight excluding hydrogens is 350 g/mol. The first-order valence-corrected chi connectivity index (χ1v) is 10.1. The van der Waals surface area contributed by atoms with Gasteiger partial charge < -0.3 is 10.4 Å². The summed E-state index contributed by atoms with van der Waals surface area (Å²) in [5, 5.41) is 17.2. The molecule has 25 heavy (non-hydrogen) atoms. The van der Waals surface area contributed by atoms with Gasteiger partial charge >= 0.3 is 0 Å². The summed E-state index contributed by atoms with van der Waals surface area (Å²) in [4.78, 5) is 13.9. The summed E-state index contributed by atoms with van der Waals surface area (Å²) >= 11 is 3.12. The minimum absolute atomic E-state index is 0.0734. The lowest BCUT2D eigenvalue weighted by molar-refractivity contribution is -0.121. The van der Waals surface area contributed by atoms with Crippen molar-refractivity contribution >= 4 is 28.6 Å². The van der Waals surface area contributed by atoms with Crippen molar-refractivity contribution in [3.8, 4) is 0 Å². The van der Waals surface area contributed by atoms with Gasteiger partial charge in [0.25, 0.3) is 0 Å². The molecule has 0 spiro atoms. The molecule has 1 atom stereocenters. The van der Waals surface area contributed by atoms with Crippen molar-refractivity contribution in [2.45, 2.75) is 31.9 Å². The summed E-state index contributed by atoms with van der Waals surface area (Å²) in [5.74, 6) is 0.0734. The molecule has 3 aromatic rings. The fraction of sp³-hybridized carbons (Fsp3) is 0.250. The van der Waals surface area contributed by atoms with Crippen LogP contribution in [0.25, 0.3) is 0 Å². The summed E-state index contributed by atoms with van der Waals surface area (Å²) in [6, 6.07) is 16.1. The minimum Gasteiger partial charge on any atom is -0.383 e. The van der Waals surface area contributed by atoms with Gasteiger partial charge in [-0.1, -0.05) is 30.3 Å². The normalized spacial score (nSPS) is 12.0. The molecule has 1 aromatic carbocycles. The Kier molecular flexibility index (Phi) is 6.39. The van der Waals surface area contributed by atoms with Crippen LogP contribution >= 0.6 is 22.7 Å². The van der Waals surface area contributed by atoms with Gasteiger partial charge in [-0.05, 0) is 52.9 Å². The Labute approximate surface area is 156 Å². The van der Waals surface area contributed by atoms with Crippen molar-refractivity contribution in [3.05, 3.63) is 80.2 Å². The number of benzene rings is 1. The van der Waals surface area contributed by atoms with Gasteiger partial charge in [0.05, 0.1) is 6.54 Å². The number of aliphatic hydroxyl groups is 1. The summed E-state index contributed by atoms with van der Waals surface area (Å²) in [6.45, 7) is 0.519. The van der Waals surface area contributed by atoms with Crippen LogP contribution in [-0.4, -0.2) is 11.0 Å². The van der Waals surface area contributed by atoms with Crippen LogP contribution in [0.1, 0.15) is 39.8 Å². The van der Waals surface area contributed by atoms with E-state index < -0.39 is 6.10 Å². The molecule has 0 aliphatic rings. The van der Waals surface area contributed by atoms with Crippen LogP contribution in [0.15, 0.2) is 59.3 Å². The predicted octanol–water partition coefficient (Wildman–Crippen LogP) is 4.53. The van der Waals surface area contributed by atoms with E-state index >= 15 is 0 Å². The topological polar surface area (TPSA) is 49.3 Å². The van der Waals surface area contributed by atoms with Crippen molar-refractivity contribution in [3.63, 3.8) is 0 Å². The quantitative estimate of drug-likeness (QED) is 0.611. The molecule has 3 rings (SSSR count). The standard InChI is InChI=1S/C20H21NO2S2/c22-19(8-4-7-15-5-2-1-3-6-15)21-13-17-9-10-18(25-17)20(23)16-11-12-24-14-16/h1-3,5-6,9-12,14,20,23H,4,7-8,13H2,(H,21,22). The second-order valence-electron chi connectivity index (χ2n) is 5.88. The highest BCUT2D eigenvalue weighted by Crippen LogP contribution is 2.29. The molecule has 1 unspecified atom stereocenters. The monoisotopic (exact) mass is 371 g/mol.